The van der Waals surface area contributed by atoms with Gasteiger partial charge in [-0.1, -0.05) is 39.7 Å². The Morgan fingerprint density at radius 3 is 1.63 bits per heavy atom. The summed E-state index contributed by atoms with van der Waals surface area (Å²) in [7, 11) is 0. The minimum Gasteiger partial charge on any atom is -0.480 e. The van der Waals surface area contributed by atoms with E-state index in [1.54, 1.807) is 19.2 Å². The molecule has 0 aliphatic carbocycles. The van der Waals surface area contributed by atoms with Gasteiger partial charge in [-0.05, 0) is 92.6 Å². The van der Waals surface area contributed by atoms with Crippen molar-refractivity contribution in [2.24, 2.45) is 0 Å². The molecule has 0 radical (unpaired) electrons. The second-order valence-electron chi connectivity index (χ2n) is 12.5. The lowest BCUT2D eigenvalue weighted by atomic mass is 10.1. The molecule has 52 heavy (non-hydrogen) atoms. The van der Waals surface area contributed by atoms with Crippen molar-refractivity contribution in [2.45, 2.75) is 104 Å². The number of aryl methyl sites for hydroxylation is 1. The number of pyridine rings is 1. The highest BCUT2D eigenvalue weighted by Crippen LogP contribution is 2.12. The van der Waals surface area contributed by atoms with Crippen LogP contribution in [-0.4, -0.2) is 58.5 Å². The first-order chi connectivity index (χ1) is 24.7. The van der Waals surface area contributed by atoms with Gasteiger partial charge in [-0.2, -0.15) is 0 Å². The Morgan fingerprint density at radius 2 is 1.19 bits per heavy atom. The lowest BCUT2D eigenvalue weighted by molar-refractivity contribution is -0.142. The number of aromatic nitrogens is 1. The Balaban J connectivity index is 0.000000418. The van der Waals surface area contributed by atoms with Crippen molar-refractivity contribution in [1.82, 2.24) is 20.9 Å². The van der Waals surface area contributed by atoms with Crippen LogP contribution in [0.25, 0.3) is 0 Å². The molecule has 1 heterocycles. The maximum absolute atomic E-state index is 13.4. The average Bonchev–Trinajstić information content (AvgIpc) is 3.06. The second kappa shape index (κ2) is 22.9. The standard InChI is InChI=1S/C25H34F2N4O2.C13H15F2NO3/c1-4-6-22(30-24(32)14-19-12-20(26)15-21(27)13-19)25(33)31-23-10-9-18(16-29-23)8-7-17(3)28-11-5-2;1-2-3-11(13(18)19)16-12(17)6-8-4-9(14)7-10(15)5-8/h9-10,12-13,15-17,22,28H,4-8,11,14H2,1-3H3,(H,30,32)(H,29,31,33);4-5,7,11H,2-3,6H2,1H3,(H,16,17)(H,18,19). The number of carboxylic acid groups (broad SMARTS) is 1. The molecular formula is C38H49F4N5O5. The van der Waals surface area contributed by atoms with E-state index in [-0.39, 0.29) is 29.9 Å². The number of carbonyl (C=O) groups is 4. The Labute approximate surface area is 302 Å². The number of aliphatic carboxylic acids is 1. The van der Waals surface area contributed by atoms with Gasteiger partial charge >= 0.3 is 5.97 Å². The molecule has 0 saturated carbocycles. The van der Waals surface area contributed by atoms with Crippen LogP contribution in [0.1, 0.15) is 82.9 Å². The highest BCUT2D eigenvalue weighted by Gasteiger charge is 2.21. The first kappa shape index (κ1) is 43.3. The smallest absolute Gasteiger partial charge is 0.326 e. The molecule has 0 fully saturated rings. The van der Waals surface area contributed by atoms with E-state index in [1.165, 1.54) is 0 Å². The van der Waals surface area contributed by atoms with Crippen LogP contribution in [0.2, 0.25) is 0 Å². The average molecular weight is 732 g/mol. The van der Waals surface area contributed by atoms with Gasteiger partial charge < -0.3 is 26.4 Å². The zero-order chi connectivity index (χ0) is 38.6. The summed E-state index contributed by atoms with van der Waals surface area (Å²) in [6.07, 6.45) is 6.24. The zero-order valence-corrected chi connectivity index (χ0v) is 30.0. The van der Waals surface area contributed by atoms with Gasteiger partial charge in [-0.3, -0.25) is 14.4 Å². The predicted molar refractivity (Wildman–Crippen MR) is 190 cm³/mol. The fourth-order valence-corrected chi connectivity index (χ4v) is 5.13. The fourth-order valence-electron chi connectivity index (χ4n) is 5.13. The molecule has 0 bridgehead atoms. The van der Waals surface area contributed by atoms with E-state index in [4.69, 9.17) is 5.11 Å². The van der Waals surface area contributed by atoms with Crippen molar-refractivity contribution in [3.05, 3.63) is 94.7 Å². The summed E-state index contributed by atoms with van der Waals surface area (Å²) >= 11 is 0. The van der Waals surface area contributed by atoms with Crippen molar-refractivity contribution < 1.29 is 41.8 Å². The molecule has 1 aromatic heterocycles. The molecule has 3 aromatic rings. The third kappa shape index (κ3) is 16.9. The van der Waals surface area contributed by atoms with Gasteiger partial charge in [0, 0.05) is 24.4 Å². The van der Waals surface area contributed by atoms with E-state index >= 15 is 0 Å². The number of nitrogens with zero attached hydrogens (tertiary/aromatic N) is 1. The van der Waals surface area contributed by atoms with Crippen LogP contribution in [0.3, 0.4) is 0 Å². The second-order valence-corrected chi connectivity index (χ2v) is 12.5. The zero-order valence-electron chi connectivity index (χ0n) is 30.0. The molecular weight excluding hydrogens is 682 g/mol. The van der Waals surface area contributed by atoms with Gasteiger partial charge in [0.2, 0.25) is 17.7 Å². The number of carbonyl (C=O) groups excluding carboxylic acids is 3. The largest absolute Gasteiger partial charge is 0.480 e. The fraction of sp³-hybridized carbons (Fsp3) is 0.447. The van der Waals surface area contributed by atoms with Crippen LogP contribution in [0, 0.1) is 23.3 Å². The highest BCUT2D eigenvalue weighted by atomic mass is 19.1. The molecule has 5 N–H and O–H groups in total. The maximum Gasteiger partial charge on any atom is 0.326 e. The Kier molecular flexibility index (Phi) is 19.0. The number of hydrogen-bond donors (Lipinski definition) is 5. The van der Waals surface area contributed by atoms with Gasteiger partial charge in [0.05, 0.1) is 12.8 Å². The Hall–Kier alpha value is -4.85. The van der Waals surface area contributed by atoms with E-state index < -0.39 is 53.1 Å². The highest BCUT2D eigenvalue weighted by molar-refractivity contribution is 5.96. The predicted octanol–water partition coefficient (Wildman–Crippen LogP) is 6.02. The Bertz CT molecular complexity index is 1570. The molecule has 3 rings (SSSR count). The molecule has 0 spiro atoms. The normalized spacial score (nSPS) is 12.5. The van der Waals surface area contributed by atoms with E-state index in [0.717, 1.165) is 61.7 Å². The van der Waals surface area contributed by atoms with Crippen LogP contribution in [0.15, 0.2) is 54.7 Å². The Morgan fingerprint density at radius 1 is 0.692 bits per heavy atom. The molecule has 0 aliphatic rings. The van der Waals surface area contributed by atoms with Gasteiger partial charge in [-0.25, -0.2) is 27.3 Å². The van der Waals surface area contributed by atoms with Gasteiger partial charge in [-0.15, -0.1) is 0 Å². The third-order valence-corrected chi connectivity index (χ3v) is 7.70. The van der Waals surface area contributed by atoms with Gasteiger partial charge in [0.25, 0.3) is 0 Å². The first-order valence-corrected chi connectivity index (χ1v) is 17.4. The van der Waals surface area contributed by atoms with Crippen LogP contribution < -0.4 is 21.3 Å². The quantitative estimate of drug-likeness (QED) is 0.0947. The summed E-state index contributed by atoms with van der Waals surface area (Å²) in [5.74, 6) is -5.20. The summed E-state index contributed by atoms with van der Waals surface area (Å²) in [6.45, 7) is 8.99. The number of anilines is 1. The van der Waals surface area contributed by atoms with Crippen molar-refractivity contribution >= 4 is 29.5 Å². The summed E-state index contributed by atoms with van der Waals surface area (Å²) in [6, 6.07) is 8.09. The molecule has 3 amide bonds. The lowest BCUT2D eigenvalue weighted by Crippen LogP contribution is -2.44. The van der Waals surface area contributed by atoms with E-state index in [1.807, 2.05) is 13.0 Å². The van der Waals surface area contributed by atoms with Crippen LogP contribution in [0.4, 0.5) is 23.4 Å². The number of nitrogens with one attached hydrogen (secondary N) is 4. The number of amides is 3. The molecule has 3 atom stereocenters. The molecule has 0 aliphatic heterocycles. The minimum absolute atomic E-state index is 0.163. The molecule has 3 unspecified atom stereocenters. The monoisotopic (exact) mass is 731 g/mol. The van der Waals surface area contributed by atoms with Crippen molar-refractivity contribution in [3.63, 3.8) is 0 Å². The van der Waals surface area contributed by atoms with Crippen molar-refractivity contribution in [2.75, 3.05) is 11.9 Å². The molecule has 14 heteroatoms. The summed E-state index contributed by atoms with van der Waals surface area (Å²) < 4.78 is 52.6. The molecule has 284 valence electrons. The number of carboxylic acids is 1. The first-order valence-electron chi connectivity index (χ1n) is 17.4. The number of benzene rings is 2. The van der Waals surface area contributed by atoms with Crippen molar-refractivity contribution in [1.29, 1.82) is 0 Å². The number of halogens is 4. The van der Waals surface area contributed by atoms with Crippen LogP contribution >= 0.6 is 0 Å². The van der Waals surface area contributed by atoms with Crippen LogP contribution in [0.5, 0.6) is 0 Å². The molecule has 0 saturated heterocycles. The minimum atomic E-state index is -1.12. The van der Waals surface area contributed by atoms with Gasteiger partial charge in [0.1, 0.15) is 41.2 Å². The SMILES string of the molecule is CCCC(NC(=O)Cc1cc(F)cc(F)c1)C(=O)O.CCCNC(C)CCc1ccc(NC(=O)C(CCC)NC(=O)Cc2cc(F)cc(F)c2)nc1. The summed E-state index contributed by atoms with van der Waals surface area (Å²) in [4.78, 5) is 51.8. The third-order valence-electron chi connectivity index (χ3n) is 7.70. The summed E-state index contributed by atoms with van der Waals surface area (Å²) in [5.41, 5.74) is 1.45. The molecule has 10 nitrogen and oxygen atoms in total. The molecule has 2 aromatic carbocycles. The number of hydrogen-bond acceptors (Lipinski definition) is 6. The number of rotatable bonds is 19. The summed E-state index contributed by atoms with van der Waals surface area (Å²) in [5, 5.41) is 20.0. The maximum atomic E-state index is 13.4. The van der Waals surface area contributed by atoms with E-state index in [0.29, 0.717) is 43.6 Å². The lowest BCUT2D eigenvalue weighted by Gasteiger charge is -2.18. The topological polar surface area (TPSA) is 150 Å². The van der Waals surface area contributed by atoms with Crippen molar-refractivity contribution in [3.8, 4) is 0 Å². The van der Waals surface area contributed by atoms with Gasteiger partial charge in [0.15, 0.2) is 0 Å². The van der Waals surface area contributed by atoms with E-state index in [9.17, 15) is 36.7 Å². The van der Waals surface area contributed by atoms with Crippen LogP contribution in [-0.2, 0) is 38.4 Å². The van der Waals surface area contributed by atoms with E-state index in [2.05, 4.69) is 40.1 Å².